The number of rotatable bonds is 7. The molecule has 3 heterocycles. The van der Waals surface area contributed by atoms with Crippen molar-refractivity contribution in [1.29, 1.82) is 0 Å². The van der Waals surface area contributed by atoms with Crippen LogP contribution in [0.4, 0.5) is 0 Å². The monoisotopic (exact) mass is 382 g/mol. The Morgan fingerprint density at radius 3 is 2.81 bits per heavy atom. The van der Waals surface area contributed by atoms with E-state index in [4.69, 9.17) is 4.42 Å². The summed E-state index contributed by atoms with van der Waals surface area (Å²) < 4.78 is 5.42. The van der Waals surface area contributed by atoms with Gasteiger partial charge in [-0.25, -0.2) is 4.79 Å². The molecule has 3 aromatic rings. The first-order valence-electron chi connectivity index (χ1n) is 9.78. The molecule has 1 saturated heterocycles. The summed E-state index contributed by atoms with van der Waals surface area (Å²) in [6.07, 6.45) is 3.50. The first kappa shape index (κ1) is 18.4. The van der Waals surface area contributed by atoms with Gasteiger partial charge in [-0.3, -0.25) is 4.90 Å². The van der Waals surface area contributed by atoms with E-state index in [1.165, 1.54) is 36.4 Å². The second kappa shape index (κ2) is 8.38. The zero-order valence-electron chi connectivity index (χ0n) is 15.7. The molecule has 2 aromatic heterocycles. The van der Waals surface area contributed by atoms with E-state index in [0.29, 0.717) is 18.2 Å². The third kappa shape index (κ3) is 4.15. The summed E-state index contributed by atoms with van der Waals surface area (Å²) in [4.78, 5) is 16.0. The van der Waals surface area contributed by atoms with E-state index in [0.717, 1.165) is 23.9 Å². The lowest BCUT2D eigenvalue weighted by Gasteiger charge is -2.27. The first-order chi connectivity index (χ1) is 13.2. The molecule has 0 unspecified atom stereocenters. The number of thiophene rings is 1. The van der Waals surface area contributed by atoms with E-state index in [9.17, 15) is 4.79 Å². The minimum atomic E-state index is -0.276. The van der Waals surface area contributed by atoms with Gasteiger partial charge in [0, 0.05) is 29.4 Å². The molecule has 0 amide bonds. The van der Waals surface area contributed by atoms with Gasteiger partial charge < -0.3 is 9.73 Å². The molecule has 1 aliphatic rings. The molecular weight excluding hydrogens is 356 g/mol. The van der Waals surface area contributed by atoms with Gasteiger partial charge in [0.05, 0.1) is 6.04 Å². The lowest BCUT2D eigenvalue weighted by Crippen LogP contribution is -2.33. The number of aryl methyl sites for hydroxylation is 1. The summed E-state index contributed by atoms with van der Waals surface area (Å²) in [5.41, 5.74) is 2.60. The van der Waals surface area contributed by atoms with Crippen molar-refractivity contribution in [3.8, 4) is 0 Å². The van der Waals surface area contributed by atoms with Crippen molar-refractivity contribution in [1.82, 2.24) is 10.2 Å². The van der Waals surface area contributed by atoms with Crippen LogP contribution < -0.4 is 10.9 Å². The van der Waals surface area contributed by atoms with Gasteiger partial charge in [-0.2, -0.15) is 0 Å². The molecule has 27 heavy (non-hydrogen) atoms. The Balaban J connectivity index is 1.51. The number of fused-ring (bicyclic) bond motifs is 1. The highest BCUT2D eigenvalue weighted by Gasteiger charge is 2.23. The third-order valence-corrected chi connectivity index (χ3v) is 6.38. The highest BCUT2D eigenvalue weighted by atomic mass is 32.1. The fourth-order valence-electron chi connectivity index (χ4n) is 3.93. The maximum atomic E-state index is 12.0. The predicted octanol–water partition coefficient (Wildman–Crippen LogP) is 4.34. The third-order valence-electron chi connectivity index (χ3n) is 5.41. The Morgan fingerprint density at radius 1 is 1.22 bits per heavy atom. The van der Waals surface area contributed by atoms with Crippen molar-refractivity contribution in [3.63, 3.8) is 0 Å². The average Bonchev–Trinajstić information content (AvgIpc) is 3.38. The van der Waals surface area contributed by atoms with Crippen LogP contribution in [-0.4, -0.2) is 24.5 Å². The summed E-state index contributed by atoms with van der Waals surface area (Å²) in [5.74, 6) is 0. The van der Waals surface area contributed by atoms with Gasteiger partial charge in [-0.1, -0.05) is 25.1 Å². The number of hydrogen-bond donors (Lipinski definition) is 1. The molecule has 0 saturated carbocycles. The quantitative estimate of drug-likeness (QED) is 0.617. The Morgan fingerprint density at radius 2 is 2.07 bits per heavy atom. The lowest BCUT2D eigenvalue weighted by atomic mass is 10.1. The average molecular weight is 383 g/mol. The highest BCUT2D eigenvalue weighted by molar-refractivity contribution is 7.10. The van der Waals surface area contributed by atoms with Gasteiger partial charge >= 0.3 is 5.63 Å². The van der Waals surface area contributed by atoms with Gasteiger partial charge in [0.15, 0.2) is 0 Å². The van der Waals surface area contributed by atoms with Crippen LogP contribution >= 0.6 is 11.3 Å². The normalized spacial score (nSPS) is 16.2. The van der Waals surface area contributed by atoms with Gasteiger partial charge in [0.2, 0.25) is 0 Å². The largest absolute Gasteiger partial charge is 0.423 e. The standard InChI is InChI=1S/C22H26N2O2S/c1-2-16-7-8-18-17(13-22(25)26-20(18)12-16)14-23-15-19(21-6-5-11-27-21)24-9-3-4-10-24/h5-8,11-13,19,23H,2-4,9-10,14-15H2,1H3/t19-/m1/s1. The molecule has 1 aromatic carbocycles. The number of nitrogens with zero attached hydrogens (tertiary/aromatic N) is 1. The van der Waals surface area contributed by atoms with Crippen LogP contribution in [0.15, 0.2) is 51.0 Å². The van der Waals surface area contributed by atoms with E-state index in [2.05, 4.69) is 46.8 Å². The number of likely N-dealkylation sites (tertiary alicyclic amines) is 1. The number of benzene rings is 1. The molecule has 1 atom stereocenters. The second-order valence-electron chi connectivity index (χ2n) is 7.18. The molecule has 142 valence electrons. The molecule has 0 bridgehead atoms. The van der Waals surface area contributed by atoms with E-state index in [-0.39, 0.29) is 5.63 Å². The van der Waals surface area contributed by atoms with Crippen molar-refractivity contribution in [2.75, 3.05) is 19.6 Å². The zero-order valence-corrected chi connectivity index (χ0v) is 16.6. The molecule has 1 fully saturated rings. The van der Waals surface area contributed by atoms with E-state index >= 15 is 0 Å². The second-order valence-corrected chi connectivity index (χ2v) is 8.16. The molecule has 4 nitrogen and oxygen atoms in total. The highest BCUT2D eigenvalue weighted by Crippen LogP contribution is 2.28. The van der Waals surface area contributed by atoms with E-state index < -0.39 is 0 Å². The Labute approximate surface area is 163 Å². The van der Waals surface area contributed by atoms with Crippen molar-refractivity contribution in [2.24, 2.45) is 0 Å². The predicted molar refractivity (Wildman–Crippen MR) is 111 cm³/mol. The van der Waals surface area contributed by atoms with Crippen LogP contribution in [0, 0.1) is 0 Å². The van der Waals surface area contributed by atoms with Crippen LogP contribution in [0.1, 0.15) is 41.8 Å². The summed E-state index contributed by atoms with van der Waals surface area (Å²) in [7, 11) is 0. The molecule has 1 aliphatic heterocycles. The maximum Gasteiger partial charge on any atom is 0.336 e. The van der Waals surface area contributed by atoms with Crippen LogP contribution in [0.3, 0.4) is 0 Å². The first-order valence-corrected chi connectivity index (χ1v) is 10.7. The zero-order chi connectivity index (χ0) is 18.6. The van der Waals surface area contributed by atoms with E-state index in [1.807, 2.05) is 17.4 Å². The SMILES string of the molecule is CCc1ccc2c(CNC[C@H](c3cccs3)N3CCCC3)cc(=O)oc2c1. The smallest absolute Gasteiger partial charge is 0.336 e. The molecule has 0 radical (unpaired) electrons. The summed E-state index contributed by atoms with van der Waals surface area (Å²) >= 11 is 1.83. The Bertz CT molecular complexity index is 943. The Hall–Kier alpha value is -1.95. The molecular formula is C22H26N2O2S. The van der Waals surface area contributed by atoms with Gasteiger partial charge in [0.25, 0.3) is 0 Å². The Kier molecular flexibility index (Phi) is 5.72. The molecule has 4 rings (SSSR count). The van der Waals surface area contributed by atoms with Crippen molar-refractivity contribution < 1.29 is 4.42 Å². The van der Waals surface area contributed by atoms with Crippen molar-refractivity contribution >= 4 is 22.3 Å². The lowest BCUT2D eigenvalue weighted by molar-refractivity contribution is 0.242. The summed E-state index contributed by atoms with van der Waals surface area (Å²) in [5, 5.41) is 6.77. The van der Waals surface area contributed by atoms with E-state index in [1.54, 1.807) is 6.07 Å². The topological polar surface area (TPSA) is 45.5 Å². The van der Waals surface area contributed by atoms with Crippen LogP contribution in [0.25, 0.3) is 11.0 Å². The molecule has 0 aliphatic carbocycles. The molecule has 1 N–H and O–H groups in total. The van der Waals surface area contributed by atoms with Gasteiger partial charge in [0.1, 0.15) is 5.58 Å². The van der Waals surface area contributed by atoms with Gasteiger partial charge in [-0.05, 0) is 61.0 Å². The number of hydrogen-bond acceptors (Lipinski definition) is 5. The fraction of sp³-hybridized carbons (Fsp3) is 0.409. The minimum absolute atomic E-state index is 0.276. The minimum Gasteiger partial charge on any atom is -0.423 e. The molecule has 5 heteroatoms. The molecule has 0 spiro atoms. The van der Waals surface area contributed by atoms with Crippen LogP contribution in [0.2, 0.25) is 0 Å². The van der Waals surface area contributed by atoms with Crippen molar-refractivity contribution in [2.45, 2.75) is 38.8 Å². The van der Waals surface area contributed by atoms with Crippen molar-refractivity contribution in [3.05, 3.63) is 68.2 Å². The van der Waals surface area contributed by atoms with Gasteiger partial charge in [-0.15, -0.1) is 11.3 Å². The maximum absolute atomic E-state index is 12.0. The van der Waals surface area contributed by atoms with Crippen LogP contribution in [-0.2, 0) is 13.0 Å². The fourth-order valence-corrected chi connectivity index (χ4v) is 4.79. The summed E-state index contributed by atoms with van der Waals surface area (Å²) in [6, 6.07) is 12.6. The summed E-state index contributed by atoms with van der Waals surface area (Å²) in [6.45, 7) is 6.00. The number of nitrogens with one attached hydrogen (secondary N) is 1. The van der Waals surface area contributed by atoms with Crippen LogP contribution in [0.5, 0.6) is 0 Å².